The average Bonchev–Trinajstić information content (AvgIpc) is 3.11. The average molecular weight is 357 g/mol. The van der Waals surface area contributed by atoms with Crippen molar-refractivity contribution in [1.29, 1.82) is 0 Å². The predicted octanol–water partition coefficient (Wildman–Crippen LogP) is 4.57. The lowest BCUT2D eigenvalue weighted by molar-refractivity contribution is 0.102. The Bertz CT molecular complexity index is 1110. The lowest BCUT2D eigenvalue weighted by Gasteiger charge is -2.09. The number of hydrogen-bond acceptors (Lipinski definition) is 3. The molecule has 27 heavy (non-hydrogen) atoms. The van der Waals surface area contributed by atoms with Gasteiger partial charge in [0, 0.05) is 23.6 Å². The third kappa shape index (κ3) is 3.40. The van der Waals surface area contributed by atoms with Crippen molar-refractivity contribution < 1.29 is 9.53 Å². The van der Waals surface area contributed by atoms with Gasteiger partial charge in [-0.1, -0.05) is 30.3 Å². The number of benzene rings is 2. The smallest absolute Gasteiger partial charge is 0.259 e. The topological polar surface area (TPSA) is 55.6 Å². The Hall–Kier alpha value is -3.60. The number of carbonyl (C=O) groups is 1. The van der Waals surface area contributed by atoms with Crippen LogP contribution in [0.4, 0.5) is 5.69 Å². The zero-order valence-electron chi connectivity index (χ0n) is 15.1. The fourth-order valence-corrected chi connectivity index (χ4v) is 3.00. The van der Waals surface area contributed by atoms with Crippen molar-refractivity contribution in [3.8, 4) is 17.0 Å². The number of aryl methyl sites for hydroxylation is 1. The first-order chi connectivity index (χ1) is 13.1. The van der Waals surface area contributed by atoms with Crippen molar-refractivity contribution in [3.05, 3.63) is 84.2 Å². The molecule has 0 spiro atoms. The number of para-hydroxylation sites is 1. The van der Waals surface area contributed by atoms with E-state index in [1.54, 1.807) is 19.2 Å². The number of hydrogen-bond donors (Lipinski definition) is 1. The molecule has 0 radical (unpaired) electrons. The van der Waals surface area contributed by atoms with Gasteiger partial charge < -0.3 is 14.5 Å². The number of nitrogens with zero attached hydrogens (tertiary/aromatic N) is 2. The maximum atomic E-state index is 12.5. The highest BCUT2D eigenvalue weighted by atomic mass is 16.5. The lowest BCUT2D eigenvalue weighted by atomic mass is 10.1. The Morgan fingerprint density at radius 2 is 1.78 bits per heavy atom. The van der Waals surface area contributed by atoms with E-state index in [-0.39, 0.29) is 5.91 Å². The molecule has 4 aromatic rings. The highest BCUT2D eigenvalue weighted by Crippen LogP contribution is 2.23. The van der Waals surface area contributed by atoms with Gasteiger partial charge in [0.05, 0.1) is 18.4 Å². The van der Waals surface area contributed by atoms with Gasteiger partial charge in [-0.3, -0.25) is 4.79 Å². The van der Waals surface area contributed by atoms with Crippen LogP contribution in [0.25, 0.3) is 16.9 Å². The van der Waals surface area contributed by atoms with Crippen LogP contribution in [0.15, 0.2) is 73.1 Å². The second kappa shape index (κ2) is 6.96. The molecule has 0 fully saturated rings. The van der Waals surface area contributed by atoms with E-state index in [1.165, 1.54) is 5.56 Å². The molecule has 0 unspecified atom stereocenters. The minimum Gasteiger partial charge on any atom is -0.496 e. The standard InChI is InChI=1S/C22H19N3O2/c1-15-7-12-21-24-19(14-25(21)13-15)16-8-10-17(11-9-16)23-22(26)18-5-3-4-6-20(18)27-2/h3-14H,1-2H3,(H,23,26). The minimum absolute atomic E-state index is 0.205. The SMILES string of the molecule is COc1ccccc1C(=O)Nc1ccc(-c2cn3cc(C)ccc3n2)cc1. The van der Waals surface area contributed by atoms with Gasteiger partial charge in [-0.15, -0.1) is 0 Å². The van der Waals surface area contributed by atoms with Crippen LogP contribution in [0.5, 0.6) is 5.75 Å². The number of anilines is 1. The largest absolute Gasteiger partial charge is 0.496 e. The summed E-state index contributed by atoms with van der Waals surface area (Å²) in [5.74, 6) is 0.343. The van der Waals surface area contributed by atoms with Gasteiger partial charge in [0.2, 0.25) is 0 Å². The fourth-order valence-electron chi connectivity index (χ4n) is 3.00. The van der Waals surface area contributed by atoms with Gasteiger partial charge in [-0.25, -0.2) is 4.98 Å². The van der Waals surface area contributed by atoms with Gasteiger partial charge >= 0.3 is 0 Å². The Kier molecular flexibility index (Phi) is 4.34. The normalized spacial score (nSPS) is 10.7. The number of fused-ring (bicyclic) bond motifs is 1. The molecule has 134 valence electrons. The molecule has 1 N–H and O–H groups in total. The van der Waals surface area contributed by atoms with Crippen molar-refractivity contribution in [2.45, 2.75) is 6.92 Å². The van der Waals surface area contributed by atoms with E-state index in [2.05, 4.69) is 17.2 Å². The molecule has 4 rings (SSSR count). The molecule has 0 saturated heterocycles. The predicted molar refractivity (Wildman–Crippen MR) is 106 cm³/mol. The van der Waals surface area contributed by atoms with E-state index < -0.39 is 0 Å². The number of nitrogens with one attached hydrogen (secondary N) is 1. The second-order valence-corrected chi connectivity index (χ2v) is 6.33. The summed E-state index contributed by atoms with van der Waals surface area (Å²) in [6.07, 6.45) is 4.05. The Morgan fingerprint density at radius 1 is 1.00 bits per heavy atom. The summed E-state index contributed by atoms with van der Waals surface area (Å²) in [4.78, 5) is 17.1. The third-order valence-electron chi connectivity index (χ3n) is 4.39. The van der Waals surface area contributed by atoms with E-state index >= 15 is 0 Å². The lowest BCUT2D eigenvalue weighted by Crippen LogP contribution is -2.12. The van der Waals surface area contributed by atoms with Crippen LogP contribution < -0.4 is 10.1 Å². The Balaban J connectivity index is 1.55. The van der Waals surface area contributed by atoms with Crippen molar-refractivity contribution >= 4 is 17.2 Å². The molecule has 2 aromatic carbocycles. The van der Waals surface area contributed by atoms with Gasteiger partial charge in [-0.2, -0.15) is 0 Å². The molecular formula is C22H19N3O2. The minimum atomic E-state index is -0.205. The number of amides is 1. The summed E-state index contributed by atoms with van der Waals surface area (Å²) in [6, 6.07) is 18.8. The van der Waals surface area contributed by atoms with Crippen LogP contribution in [0.2, 0.25) is 0 Å². The van der Waals surface area contributed by atoms with Crippen LogP contribution in [0.1, 0.15) is 15.9 Å². The van der Waals surface area contributed by atoms with E-state index in [0.717, 1.165) is 16.9 Å². The molecule has 5 nitrogen and oxygen atoms in total. The highest BCUT2D eigenvalue weighted by Gasteiger charge is 2.12. The number of rotatable bonds is 4. The Labute approximate surface area is 157 Å². The highest BCUT2D eigenvalue weighted by molar-refractivity contribution is 6.06. The number of carbonyl (C=O) groups excluding carboxylic acids is 1. The summed E-state index contributed by atoms with van der Waals surface area (Å²) in [6.45, 7) is 2.05. The molecule has 2 aromatic heterocycles. The molecule has 0 aliphatic rings. The first kappa shape index (κ1) is 16.8. The molecular weight excluding hydrogens is 338 g/mol. The van der Waals surface area contributed by atoms with Crippen molar-refractivity contribution in [2.75, 3.05) is 12.4 Å². The summed E-state index contributed by atoms with van der Waals surface area (Å²) in [5, 5.41) is 2.90. The summed E-state index contributed by atoms with van der Waals surface area (Å²) >= 11 is 0. The third-order valence-corrected chi connectivity index (χ3v) is 4.39. The first-order valence-electron chi connectivity index (χ1n) is 8.64. The number of imidazole rings is 1. The zero-order chi connectivity index (χ0) is 18.8. The zero-order valence-corrected chi connectivity index (χ0v) is 15.1. The monoisotopic (exact) mass is 357 g/mol. The van der Waals surface area contributed by atoms with E-state index in [1.807, 2.05) is 65.3 Å². The van der Waals surface area contributed by atoms with Crippen LogP contribution in [-0.2, 0) is 0 Å². The van der Waals surface area contributed by atoms with Crippen molar-refractivity contribution in [2.24, 2.45) is 0 Å². The second-order valence-electron chi connectivity index (χ2n) is 6.33. The van der Waals surface area contributed by atoms with Gasteiger partial charge in [0.1, 0.15) is 11.4 Å². The molecule has 0 aliphatic carbocycles. The molecule has 1 amide bonds. The molecule has 2 heterocycles. The van der Waals surface area contributed by atoms with Crippen LogP contribution >= 0.6 is 0 Å². The maximum Gasteiger partial charge on any atom is 0.259 e. The fraction of sp³-hybridized carbons (Fsp3) is 0.0909. The number of methoxy groups -OCH3 is 1. The molecule has 0 atom stereocenters. The quantitative estimate of drug-likeness (QED) is 0.582. The molecule has 0 bridgehead atoms. The van der Waals surface area contributed by atoms with Crippen LogP contribution in [-0.4, -0.2) is 22.4 Å². The number of pyridine rings is 1. The summed E-state index contributed by atoms with van der Waals surface area (Å²) in [5.41, 5.74) is 5.19. The first-order valence-corrected chi connectivity index (χ1v) is 8.64. The molecule has 0 saturated carbocycles. The van der Waals surface area contributed by atoms with Crippen molar-refractivity contribution in [3.63, 3.8) is 0 Å². The summed E-state index contributed by atoms with van der Waals surface area (Å²) in [7, 11) is 1.55. The van der Waals surface area contributed by atoms with Gasteiger partial charge in [0.15, 0.2) is 0 Å². The van der Waals surface area contributed by atoms with E-state index in [9.17, 15) is 4.79 Å². The molecule has 5 heteroatoms. The number of aromatic nitrogens is 2. The van der Waals surface area contributed by atoms with Gasteiger partial charge in [-0.05, 0) is 42.8 Å². The van der Waals surface area contributed by atoms with Crippen molar-refractivity contribution in [1.82, 2.24) is 9.38 Å². The van der Waals surface area contributed by atoms with E-state index in [0.29, 0.717) is 17.0 Å². The molecule has 0 aliphatic heterocycles. The number of ether oxygens (including phenoxy) is 1. The van der Waals surface area contributed by atoms with Crippen LogP contribution in [0.3, 0.4) is 0 Å². The van der Waals surface area contributed by atoms with Crippen LogP contribution in [0, 0.1) is 6.92 Å². The maximum absolute atomic E-state index is 12.5. The Morgan fingerprint density at radius 3 is 2.56 bits per heavy atom. The van der Waals surface area contributed by atoms with E-state index in [4.69, 9.17) is 4.74 Å². The summed E-state index contributed by atoms with van der Waals surface area (Å²) < 4.78 is 7.26. The van der Waals surface area contributed by atoms with Gasteiger partial charge in [0.25, 0.3) is 5.91 Å².